The van der Waals surface area contributed by atoms with Gasteiger partial charge in [0.05, 0.1) is 19.8 Å². The van der Waals surface area contributed by atoms with Crippen molar-refractivity contribution >= 4 is 10.0 Å². The van der Waals surface area contributed by atoms with E-state index in [0.717, 1.165) is 24.8 Å². The number of hydrogen-bond donors (Lipinski definition) is 0. The lowest BCUT2D eigenvalue weighted by molar-refractivity contribution is 0.0729. The SMILES string of the molecule is CCCCCOc1cc(C)ccc1S(=O)(=O)N1CCOCC1. The van der Waals surface area contributed by atoms with Gasteiger partial charge in [-0.2, -0.15) is 4.31 Å². The van der Waals surface area contributed by atoms with Crippen LogP contribution in [-0.4, -0.2) is 45.6 Å². The molecule has 1 aromatic carbocycles. The molecule has 0 radical (unpaired) electrons. The Bertz CT molecular complexity index is 580. The molecule has 1 aliphatic heterocycles. The first-order chi connectivity index (χ1) is 10.6. The summed E-state index contributed by atoms with van der Waals surface area (Å²) in [5.74, 6) is 0.461. The first-order valence-corrected chi connectivity index (χ1v) is 9.31. The van der Waals surface area contributed by atoms with Gasteiger partial charge in [-0.05, 0) is 31.0 Å². The number of unbranched alkanes of at least 4 members (excludes halogenated alkanes) is 2. The monoisotopic (exact) mass is 327 g/mol. The third-order valence-electron chi connectivity index (χ3n) is 3.69. The Morgan fingerprint density at radius 1 is 1.23 bits per heavy atom. The average Bonchev–Trinajstić information content (AvgIpc) is 2.52. The van der Waals surface area contributed by atoms with E-state index in [0.29, 0.717) is 38.7 Å². The van der Waals surface area contributed by atoms with Gasteiger partial charge in [0.15, 0.2) is 0 Å². The van der Waals surface area contributed by atoms with Gasteiger partial charge in [-0.15, -0.1) is 0 Å². The molecule has 0 bridgehead atoms. The molecule has 1 saturated heterocycles. The van der Waals surface area contributed by atoms with Crippen LogP contribution in [0.2, 0.25) is 0 Å². The second-order valence-electron chi connectivity index (χ2n) is 5.52. The Morgan fingerprint density at radius 3 is 2.64 bits per heavy atom. The number of ether oxygens (including phenoxy) is 2. The maximum Gasteiger partial charge on any atom is 0.246 e. The third kappa shape index (κ3) is 4.21. The fourth-order valence-corrected chi connectivity index (χ4v) is 3.92. The minimum absolute atomic E-state index is 0.261. The van der Waals surface area contributed by atoms with Gasteiger partial charge in [0, 0.05) is 13.1 Å². The van der Waals surface area contributed by atoms with Gasteiger partial charge >= 0.3 is 0 Å². The summed E-state index contributed by atoms with van der Waals surface area (Å²) >= 11 is 0. The molecule has 0 N–H and O–H groups in total. The smallest absolute Gasteiger partial charge is 0.246 e. The maximum atomic E-state index is 12.8. The fourth-order valence-electron chi connectivity index (χ4n) is 2.40. The quantitative estimate of drug-likeness (QED) is 0.722. The van der Waals surface area contributed by atoms with Gasteiger partial charge in [0.25, 0.3) is 0 Å². The summed E-state index contributed by atoms with van der Waals surface area (Å²) in [5.41, 5.74) is 0.992. The fraction of sp³-hybridized carbons (Fsp3) is 0.625. The van der Waals surface area contributed by atoms with Gasteiger partial charge in [-0.1, -0.05) is 25.8 Å². The van der Waals surface area contributed by atoms with Crippen molar-refractivity contribution in [2.45, 2.75) is 38.0 Å². The van der Waals surface area contributed by atoms with Crippen molar-refractivity contribution in [1.82, 2.24) is 4.31 Å². The number of aryl methyl sites for hydroxylation is 1. The Hall–Kier alpha value is -1.11. The van der Waals surface area contributed by atoms with E-state index < -0.39 is 10.0 Å². The molecule has 1 aliphatic rings. The Morgan fingerprint density at radius 2 is 1.95 bits per heavy atom. The normalized spacial score (nSPS) is 16.6. The highest BCUT2D eigenvalue weighted by molar-refractivity contribution is 7.89. The molecule has 0 unspecified atom stereocenters. The van der Waals surface area contributed by atoms with Gasteiger partial charge < -0.3 is 9.47 Å². The number of morpholine rings is 1. The van der Waals surface area contributed by atoms with Gasteiger partial charge in [0.1, 0.15) is 10.6 Å². The van der Waals surface area contributed by atoms with E-state index in [2.05, 4.69) is 6.92 Å². The number of nitrogens with zero attached hydrogens (tertiary/aromatic N) is 1. The summed E-state index contributed by atoms with van der Waals surface area (Å²) in [7, 11) is -3.52. The van der Waals surface area contributed by atoms with Crippen molar-refractivity contribution < 1.29 is 17.9 Å². The Balaban J connectivity index is 2.21. The molecular weight excluding hydrogens is 302 g/mol. The Labute approximate surface area is 133 Å². The second kappa shape index (κ2) is 7.94. The van der Waals surface area contributed by atoms with Crippen LogP contribution in [0.25, 0.3) is 0 Å². The molecular formula is C16H25NO4S. The maximum absolute atomic E-state index is 12.8. The molecule has 0 aliphatic carbocycles. The summed E-state index contributed by atoms with van der Waals surface area (Å²) < 4.78 is 38.1. The van der Waals surface area contributed by atoms with E-state index in [1.807, 2.05) is 13.0 Å². The molecule has 2 rings (SSSR count). The lowest BCUT2D eigenvalue weighted by Gasteiger charge is -2.27. The summed E-state index contributed by atoms with van der Waals surface area (Å²) in [6.45, 7) is 6.28. The zero-order valence-electron chi connectivity index (χ0n) is 13.4. The third-order valence-corrected chi connectivity index (χ3v) is 5.63. The number of rotatable bonds is 7. The van der Waals surface area contributed by atoms with E-state index in [-0.39, 0.29) is 4.90 Å². The van der Waals surface area contributed by atoms with Crippen LogP contribution < -0.4 is 4.74 Å². The van der Waals surface area contributed by atoms with E-state index in [4.69, 9.17) is 9.47 Å². The minimum Gasteiger partial charge on any atom is -0.492 e. The average molecular weight is 327 g/mol. The predicted molar refractivity (Wildman–Crippen MR) is 85.8 cm³/mol. The van der Waals surface area contributed by atoms with Crippen LogP contribution in [-0.2, 0) is 14.8 Å². The highest BCUT2D eigenvalue weighted by Gasteiger charge is 2.29. The molecule has 0 spiro atoms. The van der Waals surface area contributed by atoms with E-state index in [9.17, 15) is 8.42 Å². The summed E-state index contributed by atoms with van der Waals surface area (Å²) in [6, 6.07) is 5.26. The molecule has 1 heterocycles. The van der Waals surface area contributed by atoms with E-state index >= 15 is 0 Å². The van der Waals surface area contributed by atoms with Crippen molar-refractivity contribution in [3.05, 3.63) is 23.8 Å². The zero-order valence-corrected chi connectivity index (χ0v) is 14.2. The standard InChI is InChI=1S/C16H25NO4S/c1-3-4-5-10-21-15-13-14(2)6-7-16(15)22(18,19)17-8-11-20-12-9-17/h6-7,13H,3-5,8-12H2,1-2H3. The minimum atomic E-state index is -3.52. The number of hydrogen-bond acceptors (Lipinski definition) is 4. The molecule has 0 saturated carbocycles. The van der Waals surface area contributed by atoms with E-state index in [1.165, 1.54) is 4.31 Å². The van der Waals surface area contributed by atoms with Crippen molar-refractivity contribution in [3.63, 3.8) is 0 Å². The molecule has 1 fully saturated rings. The van der Waals surface area contributed by atoms with E-state index in [1.54, 1.807) is 12.1 Å². The molecule has 0 atom stereocenters. The molecule has 0 aromatic heterocycles. The summed E-state index contributed by atoms with van der Waals surface area (Å²) in [5, 5.41) is 0. The topological polar surface area (TPSA) is 55.8 Å². The second-order valence-corrected chi connectivity index (χ2v) is 7.43. The molecule has 0 amide bonds. The van der Waals surface area contributed by atoms with Crippen molar-refractivity contribution in [3.8, 4) is 5.75 Å². The van der Waals surface area contributed by atoms with Crippen LogP contribution in [0.3, 0.4) is 0 Å². The van der Waals surface area contributed by atoms with Gasteiger partial charge in [-0.3, -0.25) is 0 Å². The van der Waals surface area contributed by atoms with Gasteiger partial charge in [0.2, 0.25) is 10.0 Å². The molecule has 22 heavy (non-hydrogen) atoms. The van der Waals surface area contributed by atoms with Crippen molar-refractivity contribution in [2.75, 3.05) is 32.9 Å². The van der Waals surface area contributed by atoms with Crippen molar-refractivity contribution in [1.29, 1.82) is 0 Å². The van der Waals surface area contributed by atoms with Gasteiger partial charge in [-0.25, -0.2) is 8.42 Å². The molecule has 5 nitrogen and oxygen atoms in total. The first kappa shape index (κ1) is 17.2. The predicted octanol–water partition coefficient (Wildman–Crippen LogP) is 2.58. The summed E-state index contributed by atoms with van der Waals surface area (Å²) in [6.07, 6.45) is 3.12. The lowest BCUT2D eigenvalue weighted by Crippen LogP contribution is -2.40. The van der Waals surface area contributed by atoms with Crippen LogP contribution in [0, 0.1) is 6.92 Å². The highest BCUT2D eigenvalue weighted by Crippen LogP contribution is 2.28. The van der Waals surface area contributed by atoms with Crippen LogP contribution in [0.4, 0.5) is 0 Å². The largest absolute Gasteiger partial charge is 0.492 e. The van der Waals surface area contributed by atoms with Crippen LogP contribution in [0.5, 0.6) is 5.75 Å². The highest BCUT2D eigenvalue weighted by atomic mass is 32.2. The first-order valence-electron chi connectivity index (χ1n) is 7.87. The zero-order chi connectivity index (χ0) is 16.0. The van der Waals surface area contributed by atoms with Crippen LogP contribution >= 0.6 is 0 Å². The van der Waals surface area contributed by atoms with Crippen molar-refractivity contribution in [2.24, 2.45) is 0 Å². The molecule has 6 heteroatoms. The molecule has 1 aromatic rings. The number of sulfonamides is 1. The lowest BCUT2D eigenvalue weighted by atomic mass is 10.2. The Kier molecular flexibility index (Phi) is 6.23. The van der Waals surface area contributed by atoms with Crippen LogP contribution in [0.1, 0.15) is 31.7 Å². The number of benzene rings is 1. The molecule has 124 valence electrons. The van der Waals surface area contributed by atoms with Crippen LogP contribution in [0.15, 0.2) is 23.1 Å². The summed E-state index contributed by atoms with van der Waals surface area (Å²) in [4.78, 5) is 0.261.